The number of fused-ring (bicyclic) bond motifs is 1. The lowest BCUT2D eigenvalue weighted by molar-refractivity contribution is -0.385. The molecule has 1 heterocycles. The van der Waals surface area contributed by atoms with Gasteiger partial charge < -0.3 is 15.8 Å². The summed E-state index contributed by atoms with van der Waals surface area (Å²) >= 11 is 1.36. The van der Waals surface area contributed by atoms with Crippen molar-refractivity contribution in [2.24, 2.45) is 17.1 Å². The van der Waals surface area contributed by atoms with Crippen LogP contribution >= 0.6 is 11.3 Å². The Kier molecular flexibility index (Phi) is 6.35. The van der Waals surface area contributed by atoms with E-state index in [0.29, 0.717) is 16.5 Å². The Morgan fingerprint density at radius 3 is 2.65 bits per heavy atom. The minimum absolute atomic E-state index is 0.0988. The van der Waals surface area contributed by atoms with Crippen LogP contribution in [-0.4, -0.2) is 23.3 Å². The lowest BCUT2D eigenvalue weighted by atomic mass is 9.72. The summed E-state index contributed by atoms with van der Waals surface area (Å²) in [6.07, 6.45) is 2.51. The number of hydrogen-bond donors (Lipinski definition) is 2. The van der Waals surface area contributed by atoms with Crippen molar-refractivity contribution in [2.75, 3.05) is 11.9 Å². The van der Waals surface area contributed by atoms with Crippen LogP contribution in [0.25, 0.3) is 0 Å². The molecule has 0 spiro atoms. The minimum Gasteiger partial charge on any atom is -0.487 e. The fourth-order valence-corrected chi connectivity index (χ4v) is 5.26. The number of nitrogens with zero attached hydrogens (tertiary/aromatic N) is 1. The molecule has 1 aromatic carbocycles. The molecule has 0 radical (unpaired) electrons. The number of carbonyl (C=O) groups is 2. The van der Waals surface area contributed by atoms with Crippen LogP contribution in [0.2, 0.25) is 0 Å². The third kappa shape index (κ3) is 4.71. The number of benzene rings is 1. The van der Waals surface area contributed by atoms with Gasteiger partial charge in [-0.15, -0.1) is 11.3 Å². The lowest BCUT2D eigenvalue weighted by Gasteiger charge is -2.33. The van der Waals surface area contributed by atoms with Crippen molar-refractivity contribution in [1.82, 2.24) is 0 Å². The molecule has 2 aromatic rings. The first-order chi connectivity index (χ1) is 14.5. The van der Waals surface area contributed by atoms with Crippen LogP contribution in [-0.2, 0) is 12.8 Å². The second kappa shape index (κ2) is 8.66. The van der Waals surface area contributed by atoms with Crippen molar-refractivity contribution in [2.45, 2.75) is 47.0 Å². The fraction of sp³-hybridized carbons (Fsp3) is 0.455. The molecule has 2 amide bonds. The highest BCUT2D eigenvalue weighted by Crippen LogP contribution is 2.44. The van der Waals surface area contributed by atoms with Crippen LogP contribution in [0.15, 0.2) is 18.2 Å². The maximum atomic E-state index is 12.8. The highest BCUT2D eigenvalue weighted by Gasteiger charge is 2.33. The van der Waals surface area contributed by atoms with Crippen molar-refractivity contribution in [1.29, 1.82) is 0 Å². The van der Waals surface area contributed by atoms with Gasteiger partial charge in [0.05, 0.1) is 17.1 Å². The molecule has 0 saturated heterocycles. The molecule has 31 heavy (non-hydrogen) atoms. The molecule has 1 aromatic heterocycles. The summed E-state index contributed by atoms with van der Waals surface area (Å²) in [5.41, 5.74) is 6.85. The number of nitro groups is 1. The molecule has 0 aliphatic heterocycles. The van der Waals surface area contributed by atoms with E-state index in [9.17, 15) is 19.7 Å². The number of nitrogens with one attached hydrogen (secondary N) is 1. The zero-order valence-corrected chi connectivity index (χ0v) is 18.9. The molecule has 0 unspecified atom stereocenters. The number of hydrogen-bond acceptors (Lipinski definition) is 6. The molecule has 1 atom stereocenters. The molecule has 9 heteroatoms. The number of carbonyl (C=O) groups excluding carboxylic acids is 2. The van der Waals surface area contributed by atoms with E-state index in [1.54, 1.807) is 6.92 Å². The van der Waals surface area contributed by atoms with E-state index in [4.69, 9.17) is 10.5 Å². The molecule has 0 fully saturated rings. The number of nitro benzene ring substituents is 1. The first kappa shape index (κ1) is 22.7. The molecule has 0 saturated carbocycles. The first-order valence-electron chi connectivity index (χ1n) is 10.2. The van der Waals surface area contributed by atoms with Crippen molar-refractivity contribution in [3.8, 4) is 5.75 Å². The summed E-state index contributed by atoms with van der Waals surface area (Å²) in [5, 5.41) is 14.5. The average Bonchev–Trinajstić information content (AvgIpc) is 3.04. The Labute approximate surface area is 184 Å². The van der Waals surface area contributed by atoms with E-state index in [-0.39, 0.29) is 29.0 Å². The molecular weight excluding hydrogens is 418 g/mol. The van der Waals surface area contributed by atoms with E-state index in [0.717, 1.165) is 29.7 Å². The summed E-state index contributed by atoms with van der Waals surface area (Å²) in [7, 11) is 0. The number of thiophene rings is 1. The van der Waals surface area contributed by atoms with Crippen molar-refractivity contribution in [3.63, 3.8) is 0 Å². The molecule has 3 N–H and O–H groups in total. The number of amides is 2. The Balaban J connectivity index is 1.92. The van der Waals surface area contributed by atoms with Crippen molar-refractivity contribution < 1.29 is 19.2 Å². The molecule has 166 valence electrons. The largest absolute Gasteiger partial charge is 0.487 e. The van der Waals surface area contributed by atoms with Crippen molar-refractivity contribution >= 4 is 33.8 Å². The van der Waals surface area contributed by atoms with Gasteiger partial charge in [-0.05, 0) is 55.2 Å². The van der Waals surface area contributed by atoms with Gasteiger partial charge in [0.1, 0.15) is 5.00 Å². The Morgan fingerprint density at radius 2 is 2.06 bits per heavy atom. The lowest BCUT2D eigenvalue weighted by Crippen LogP contribution is -2.27. The van der Waals surface area contributed by atoms with E-state index < -0.39 is 16.7 Å². The Morgan fingerprint density at radius 1 is 1.35 bits per heavy atom. The SMILES string of the molecule is CCOc1ccc(C(=O)Nc2sc3c(c2C(N)=O)CC[C@H](C(C)(C)C)C3)cc1[N+](=O)[O-]. The van der Waals surface area contributed by atoms with Gasteiger partial charge in [-0.1, -0.05) is 20.8 Å². The quantitative estimate of drug-likeness (QED) is 0.498. The van der Waals surface area contributed by atoms with Gasteiger partial charge in [-0.3, -0.25) is 19.7 Å². The van der Waals surface area contributed by atoms with Crippen LogP contribution in [0.3, 0.4) is 0 Å². The number of anilines is 1. The number of nitrogens with two attached hydrogens (primary N) is 1. The van der Waals surface area contributed by atoms with Gasteiger partial charge in [-0.2, -0.15) is 0 Å². The van der Waals surface area contributed by atoms with Crippen LogP contribution in [0.1, 0.15) is 65.3 Å². The predicted molar refractivity (Wildman–Crippen MR) is 120 cm³/mol. The maximum absolute atomic E-state index is 12.8. The average molecular weight is 446 g/mol. The van der Waals surface area contributed by atoms with Crippen LogP contribution in [0, 0.1) is 21.4 Å². The summed E-state index contributed by atoms with van der Waals surface area (Å²) < 4.78 is 5.26. The van der Waals surface area contributed by atoms with Gasteiger partial charge in [0, 0.05) is 16.5 Å². The van der Waals surface area contributed by atoms with Gasteiger partial charge >= 0.3 is 5.69 Å². The molecule has 1 aliphatic carbocycles. The number of primary amides is 1. The zero-order chi connectivity index (χ0) is 22.9. The van der Waals surface area contributed by atoms with Gasteiger partial charge in [-0.25, -0.2) is 0 Å². The summed E-state index contributed by atoms with van der Waals surface area (Å²) in [6, 6.07) is 4.03. The molecule has 3 rings (SSSR count). The third-order valence-corrected chi connectivity index (χ3v) is 6.85. The standard InChI is InChI=1S/C22H27N3O5S/c1-5-30-16-9-6-12(10-15(16)25(28)29)20(27)24-21-18(19(23)26)14-8-7-13(22(2,3)4)11-17(14)31-21/h6,9-10,13H,5,7-8,11H2,1-4H3,(H2,23,26)(H,24,27)/t13-/m0/s1. The van der Waals surface area contributed by atoms with E-state index in [2.05, 4.69) is 26.1 Å². The molecule has 8 nitrogen and oxygen atoms in total. The van der Waals surface area contributed by atoms with Crippen molar-refractivity contribution in [3.05, 3.63) is 49.9 Å². The number of ether oxygens (including phenoxy) is 1. The summed E-state index contributed by atoms with van der Waals surface area (Å²) in [5.74, 6) is -0.558. The minimum atomic E-state index is -0.590. The summed E-state index contributed by atoms with van der Waals surface area (Å²) in [4.78, 5) is 36.9. The Hall–Kier alpha value is -2.94. The van der Waals surface area contributed by atoms with E-state index in [1.807, 2.05) is 0 Å². The van der Waals surface area contributed by atoms with Crippen LogP contribution in [0.4, 0.5) is 10.7 Å². The molecule has 0 bridgehead atoms. The maximum Gasteiger partial charge on any atom is 0.311 e. The van der Waals surface area contributed by atoms with E-state index in [1.165, 1.54) is 29.5 Å². The highest BCUT2D eigenvalue weighted by atomic mass is 32.1. The molecular formula is C22H27N3O5S. The Bertz CT molecular complexity index is 1040. The van der Waals surface area contributed by atoms with Crippen LogP contribution < -0.4 is 15.8 Å². The molecule has 1 aliphatic rings. The second-order valence-electron chi connectivity index (χ2n) is 8.70. The topological polar surface area (TPSA) is 125 Å². The highest BCUT2D eigenvalue weighted by molar-refractivity contribution is 7.17. The predicted octanol–water partition coefficient (Wildman–Crippen LogP) is 4.56. The van der Waals surface area contributed by atoms with E-state index >= 15 is 0 Å². The van der Waals surface area contributed by atoms with Gasteiger partial charge in [0.2, 0.25) is 0 Å². The first-order valence-corrected chi connectivity index (χ1v) is 11.0. The summed E-state index contributed by atoms with van der Waals surface area (Å²) in [6.45, 7) is 8.59. The zero-order valence-electron chi connectivity index (χ0n) is 18.1. The van der Waals surface area contributed by atoms with Gasteiger partial charge in [0.25, 0.3) is 11.8 Å². The number of rotatable bonds is 6. The monoisotopic (exact) mass is 445 g/mol. The fourth-order valence-electron chi connectivity index (χ4n) is 3.93. The third-order valence-electron chi connectivity index (χ3n) is 5.68. The van der Waals surface area contributed by atoms with Gasteiger partial charge in [0.15, 0.2) is 5.75 Å². The van der Waals surface area contributed by atoms with Crippen LogP contribution in [0.5, 0.6) is 5.75 Å². The smallest absolute Gasteiger partial charge is 0.311 e. The normalized spacial score (nSPS) is 15.8. The second-order valence-corrected chi connectivity index (χ2v) is 9.81.